The summed E-state index contributed by atoms with van der Waals surface area (Å²) in [6, 6.07) is -0.405. The highest BCUT2D eigenvalue weighted by atomic mass is 16.4. The molecule has 0 aliphatic rings. The molecule has 1 heterocycles. The van der Waals surface area contributed by atoms with E-state index >= 15 is 0 Å². The van der Waals surface area contributed by atoms with Crippen LogP contribution in [0, 0.1) is 12.3 Å². The number of carbonyl (C=O) groups excluding carboxylic acids is 1. The molecular weight excluding hydrogens is 272 g/mol. The molecule has 7 heteroatoms. The third-order valence-electron chi connectivity index (χ3n) is 4.08. The Hall–Kier alpha value is -2.05. The predicted octanol–water partition coefficient (Wildman–Crippen LogP) is 1.42. The number of hydrogen-bond acceptors (Lipinski definition) is 3. The van der Waals surface area contributed by atoms with E-state index < -0.39 is 23.0 Å². The molecule has 21 heavy (non-hydrogen) atoms. The standard InChI is InChI=1S/C14H24N4O3/c1-9-10(8-18(6)17-9)7-15-12(21)16-14(4,5)13(2,3)11(19)20/h8H,7H2,1-6H3,(H,19,20)(H2,15,16,21). The number of aromatic nitrogens is 2. The molecule has 1 rings (SSSR count). The molecule has 7 nitrogen and oxygen atoms in total. The summed E-state index contributed by atoms with van der Waals surface area (Å²) < 4.78 is 1.68. The van der Waals surface area contributed by atoms with Gasteiger partial charge in [0.25, 0.3) is 0 Å². The zero-order valence-electron chi connectivity index (χ0n) is 13.4. The molecule has 0 aromatic carbocycles. The minimum atomic E-state index is -1.09. The van der Waals surface area contributed by atoms with Crippen LogP contribution in [0.1, 0.15) is 39.0 Å². The molecule has 0 aliphatic carbocycles. The highest BCUT2D eigenvalue weighted by Crippen LogP contribution is 2.30. The van der Waals surface area contributed by atoms with Crippen LogP contribution in [-0.4, -0.2) is 32.4 Å². The summed E-state index contributed by atoms with van der Waals surface area (Å²) in [4.78, 5) is 23.3. The molecular formula is C14H24N4O3. The smallest absolute Gasteiger partial charge is 0.315 e. The van der Waals surface area contributed by atoms with Gasteiger partial charge in [0.15, 0.2) is 0 Å². The van der Waals surface area contributed by atoms with E-state index in [2.05, 4.69) is 15.7 Å². The van der Waals surface area contributed by atoms with Crippen molar-refractivity contribution in [3.63, 3.8) is 0 Å². The van der Waals surface area contributed by atoms with Gasteiger partial charge in [-0.3, -0.25) is 9.48 Å². The Morgan fingerprint density at radius 3 is 2.33 bits per heavy atom. The van der Waals surface area contributed by atoms with E-state index in [1.54, 1.807) is 32.4 Å². The van der Waals surface area contributed by atoms with E-state index in [9.17, 15) is 14.7 Å². The lowest BCUT2D eigenvalue weighted by atomic mass is 9.74. The average Bonchev–Trinajstić information content (AvgIpc) is 2.64. The number of aryl methyl sites for hydroxylation is 2. The van der Waals surface area contributed by atoms with Crippen molar-refractivity contribution in [3.05, 3.63) is 17.5 Å². The van der Waals surface area contributed by atoms with Crippen LogP contribution in [0.3, 0.4) is 0 Å². The van der Waals surface area contributed by atoms with E-state index in [0.717, 1.165) is 11.3 Å². The second-order valence-corrected chi connectivity index (χ2v) is 6.28. The fourth-order valence-corrected chi connectivity index (χ4v) is 1.75. The van der Waals surface area contributed by atoms with Crippen LogP contribution in [0.15, 0.2) is 6.20 Å². The number of carboxylic acids is 1. The van der Waals surface area contributed by atoms with Gasteiger partial charge in [0.1, 0.15) is 0 Å². The minimum Gasteiger partial charge on any atom is -0.481 e. The third kappa shape index (κ3) is 3.74. The van der Waals surface area contributed by atoms with Crippen molar-refractivity contribution in [2.24, 2.45) is 12.5 Å². The maximum atomic E-state index is 12.0. The Bertz CT molecular complexity index is 546. The average molecular weight is 296 g/mol. The molecule has 0 radical (unpaired) electrons. The van der Waals surface area contributed by atoms with E-state index in [1.807, 2.05) is 20.2 Å². The van der Waals surface area contributed by atoms with Crippen molar-refractivity contribution in [1.82, 2.24) is 20.4 Å². The lowest BCUT2D eigenvalue weighted by molar-refractivity contribution is -0.150. The molecule has 0 aliphatic heterocycles. The van der Waals surface area contributed by atoms with Gasteiger partial charge >= 0.3 is 12.0 Å². The van der Waals surface area contributed by atoms with Gasteiger partial charge in [-0.25, -0.2) is 4.79 Å². The minimum absolute atomic E-state index is 0.342. The molecule has 3 N–H and O–H groups in total. The van der Waals surface area contributed by atoms with E-state index in [4.69, 9.17) is 0 Å². The van der Waals surface area contributed by atoms with Gasteiger partial charge < -0.3 is 15.7 Å². The van der Waals surface area contributed by atoms with Gasteiger partial charge in [-0.2, -0.15) is 5.10 Å². The third-order valence-corrected chi connectivity index (χ3v) is 4.08. The monoisotopic (exact) mass is 296 g/mol. The van der Waals surface area contributed by atoms with Gasteiger partial charge in [0, 0.05) is 25.4 Å². The molecule has 2 amide bonds. The highest BCUT2D eigenvalue weighted by Gasteiger charge is 2.44. The van der Waals surface area contributed by atoms with Gasteiger partial charge in [-0.1, -0.05) is 0 Å². The van der Waals surface area contributed by atoms with Crippen LogP contribution >= 0.6 is 0 Å². The fourth-order valence-electron chi connectivity index (χ4n) is 1.75. The molecule has 1 aromatic heterocycles. The van der Waals surface area contributed by atoms with Crippen LogP contribution < -0.4 is 10.6 Å². The Morgan fingerprint density at radius 1 is 1.33 bits per heavy atom. The maximum Gasteiger partial charge on any atom is 0.315 e. The van der Waals surface area contributed by atoms with Crippen molar-refractivity contribution in [2.75, 3.05) is 0 Å². The lowest BCUT2D eigenvalue weighted by Gasteiger charge is -2.38. The normalized spacial score (nSPS) is 12.1. The molecule has 0 bridgehead atoms. The number of carbonyl (C=O) groups is 2. The number of amides is 2. The van der Waals surface area contributed by atoms with Gasteiger partial charge in [-0.05, 0) is 34.6 Å². The molecule has 0 atom stereocenters. The van der Waals surface area contributed by atoms with Crippen molar-refractivity contribution in [3.8, 4) is 0 Å². The topological polar surface area (TPSA) is 96.3 Å². The van der Waals surface area contributed by atoms with Crippen molar-refractivity contribution in [2.45, 2.75) is 46.7 Å². The second-order valence-electron chi connectivity index (χ2n) is 6.28. The number of hydrogen-bond donors (Lipinski definition) is 3. The molecule has 0 spiro atoms. The van der Waals surface area contributed by atoms with E-state index in [0.29, 0.717) is 6.54 Å². The lowest BCUT2D eigenvalue weighted by Crippen LogP contribution is -2.58. The largest absolute Gasteiger partial charge is 0.481 e. The quantitative estimate of drug-likeness (QED) is 0.765. The van der Waals surface area contributed by atoms with Crippen molar-refractivity contribution >= 4 is 12.0 Å². The molecule has 118 valence electrons. The number of carboxylic acid groups (broad SMARTS) is 1. The van der Waals surface area contributed by atoms with Crippen LogP contribution in [0.4, 0.5) is 4.79 Å². The first-order valence-electron chi connectivity index (χ1n) is 6.76. The molecule has 0 unspecified atom stereocenters. The number of urea groups is 1. The van der Waals surface area contributed by atoms with Gasteiger partial charge in [0.05, 0.1) is 16.6 Å². The van der Waals surface area contributed by atoms with Crippen LogP contribution in [0.2, 0.25) is 0 Å². The Morgan fingerprint density at radius 2 is 1.90 bits per heavy atom. The van der Waals surface area contributed by atoms with Crippen molar-refractivity contribution < 1.29 is 14.7 Å². The summed E-state index contributed by atoms with van der Waals surface area (Å²) in [6.07, 6.45) is 1.84. The first kappa shape index (κ1) is 17.0. The Labute approximate surface area is 124 Å². The molecule has 1 aromatic rings. The zero-order chi connectivity index (χ0) is 16.4. The first-order chi connectivity index (χ1) is 9.47. The molecule has 0 fully saturated rings. The van der Waals surface area contributed by atoms with Crippen molar-refractivity contribution in [1.29, 1.82) is 0 Å². The predicted molar refractivity (Wildman–Crippen MR) is 78.8 cm³/mol. The number of aliphatic carboxylic acids is 1. The SMILES string of the molecule is Cc1nn(C)cc1CNC(=O)NC(C)(C)C(C)(C)C(=O)O. The van der Waals surface area contributed by atoms with E-state index in [-0.39, 0.29) is 0 Å². The summed E-state index contributed by atoms with van der Waals surface area (Å²) in [5, 5.41) is 18.9. The molecule has 0 saturated heterocycles. The van der Waals surface area contributed by atoms with Crippen LogP contribution in [0.5, 0.6) is 0 Å². The van der Waals surface area contributed by atoms with Crippen LogP contribution in [-0.2, 0) is 18.4 Å². The summed E-state index contributed by atoms with van der Waals surface area (Å²) in [7, 11) is 1.81. The van der Waals surface area contributed by atoms with Gasteiger partial charge in [0.2, 0.25) is 0 Å². The summed E-state index contributed by atoms with van der Waals surface area (Å²) in [5.74, 6) is -0.962. The summed E-state index contributed by atoms with van der Waals surface area (Å²) >= 11 is 0. The van der Waals surface area contributed by atoms with E-state index in [1.165, 1.54) is 0 Å². The first-order valence-corrected chi connectivity index (χ1v) is 6.76. The summed E-state index contributed by atoms with van der Waals surface area (Å²) in [5.41, 5.74) is -0.215. The van der Waals surface area contributed by atoms with Crippen LogP contribution in [0.25, 0.3) is 0 Å². The Balaban J connectivity index is 2.65. The molecule has 0 saturated carbocycles. The maximum absolute atomic E-state index is 12.0. The fraction of sp³-hybridized carbons (Fsp3) is 0.643. The number of nitrogens with one attached hydrogen (secondary N) is 2. The second kappa shape index (κ2) is 5.75. The zero-order valence-corrected chi connectivity index (χ0v) is 13.4. The number of nitrogens with zero attached hydrogens (tertiary/aromatic N) is 2. The Kier molecular flexibility index (Phi) is 4.65. The highest BCUT2D eigenvalue weighted by molar-refractivity contribution is 5.79. The summed E-state index contributed by atoms with van der Waals surface area (Å²) in [6.45, 7) is 8.76. The van der Waals surface area contributed by atoms with Gasteiger partial charge in [-0.15, -0.1) is 0 Å². The number of rotatable bonds is 5.